The number of alkyl halides is 2. The smallest absolute Gasteiger partial charge is 0.406 e. The highest BCUT2D eigenvalue weighted by Gasteiger charge is 2.25. The molecule has 0 unspecified atom stereocenters. The predicted octanol–water partition coefficient (Wildman–Crippen LogP) is 2.24. The summed E-state index contributed by atoms with van der Waals surface area (Å²) in [5.74, 6) is -0.780. The van der Waals surface area contributed by atoms with Crippen LogP contribution in [-0.2, 0) is 0 Å². The first-order chi connectivity index (χ1) is 6.99. The van der Waals surface area contributed by atoms with Crippen LogP contribution in [0.5, 0.6) is 5.75 Å². The molecule has 1 aromatic rings. The molecule has 1 rings (SSSR count). The molecule has 0 fully saturated rings. The molecule has 0 aliphatic carbocycles. The molecule has 0 saturated heterocycles. The Morgan fingerprint density at radius 3 is 2.60 bits per heavy atom. The Balaban J connectivity index is 3.39. The van der Waals surface area contributed by atoms with Gasteiger partial charge in [0.1, 0.15) is 6.20 Å². The average Bonchev–Trinajstić information content (AvgIpc) is 2.16. The number of ether oxygens (including phenoxy) is 1. The zero-order valence-corrected chi connectivity index (χ0v) is 8.03. The van der Waals surface area contributed by atoms with E-state index in [0.717, 1.165) is 6.20 Å². The molecule has 1 aromatic heterocycles. The van der Waals surface area contributed by atoms with Gasteiger partial charge in [-0.15, -0.1) is 0 Å². The Kier molecular flexibility index (Phi) is 3.13. The van der Waals surface area contributed by atoms with E-state index in [-0.39, 0.29) is 16.9 Å². The van der Waals surface area contributed by atoms with Crippen LogP contribution in [0.4, 0.5) is 14.6 Å². The number of nitrogens with zero attached hydrogens (tertiary/aromatic N) is 2. The Morgan fingerprint density at radius 1 is 1.60 bits per heavy atom. The van der Waals surface area contributed by atoms with Gasteiger partial charge in [-0.2, -0.15) is 0 Å². The molecule has 0 bridgehead atoms. The van der Waals surface area contributed by atoms with Crippen LogP contribution in [0.3, 0.4) is 0 Å². The maximum absolute atomic E-state index is 12.4. The van der Waals surface area contributed by atoms with Crippen LogP contribution < -0.4 is 4.74 Å². The topological polar surface area (TPSA) is 65.3 Å². The lowest BCUT2D eigenvalue weighted by atomic mass is 10.1. The minimum Gasteiger partial charge on any atom is -0.489 e. The number of hydrogen-bond donors (Lipinski definition) is 0. The molecule has 82 valence electrons. The summed E-state index contributed by atoms with van der Waals surface area (Å²) < 4.78 is 29.5. The lowest BCUT2D eigenvalue weighted by Crippen LogP contribution is -2.02. The Hall–Kier alpha value is -1.79. The zero-order valence-electron chi connectivity index (χ0n) is 8.03. The first kappa shape index (κ1) is 11.3. The summed E-state index contributed by atoms with van der Waals surface area (Å²) in [6, 6.07) is 0. The lowest BCUT2D eigenvalue weighted by molar-refractivity contribution is -0.390. The van der Waals surface area contributed by atoms with E-state index >= 15 is 0 Å². The van der Waals surface area contributed by atoms with Crippen LogP contribution >= 0.6 is 0 Å². The van der Waals surface area contributed by atoms with E-state index in [1.165, 1.54) is 14.0 Å². The third kappa shape index (κ3) is 2.00. The van der Waals surface area contributed by atoms with Gasteiger partial charge in [0.2, 0.25) is 5.75 Å². The van der Waals surface area contributed by atoms with Crippen LogP contribution in [-0.4, -0.2) is 17.0 Å². The van der Waals surface area contributed by atoms with E-state index in [1.807, 2.05) is 0 Å². The van der Waals surface area contributed by atoms with Gasteiger partial charge in [-0.3, -0.25) is 0 Å². The van der Waals surface area contributed by atoms with Gasteiger partial charge in [0.05, 0.1) is 12.7 Å². The Morgan fingerprint density at radius 2 is 2.20 bits per heavy atom. The van der Waals surface area contributed by atoms with Crippen LogP contribution in [0.15, 0.2) is 6.20 Å². The van der Waals surface area contributed by atoms with Crippen LogP contribution in [0.1, 0.15) is 17.6 Å². The number of halogens is 2. The van der Waals surface area contributed by atoms with Crippen molar-refractivity contribution < 1.29 is 18.4 Å². The summed E-state index contributed by atoms with van der Waals surface area (Å²) in [5, 5.41) is 10.5. The molecule has 15 heavy (non-hydrogen) atoms. The summed E-state index contributed by atoms with van der Waals surface area (Å²) in [4.78, 5) is 13.0. The maximum atomic E-state index is 12.4. The predicted molar refractivity (Wildman–Crippen MR) is 47.1 cm³/mol. The molecule has 0 amide bonds. The molecule has 5 nitrogen and oxygen atoms in total. The third-order valence-electron chi connectivity index (χ3n) is 1.91. The molecule has 0 spiro atoms. The van der Waals surface area contributed by atoms with Crippen molar-refractivity contribution in [3.05, 3.63) is 27.4 Å². The maximum Gasteiger partial charge on any atom is 0.406 e. The van der Waals surface area contributed by atoms with Crippen molar-refractivity contribution in [2.45, 2.75) is 13.3 Å². The average molecular weight is 218 g/mol. The van der Waals surface area contributed by atoms with Crippen molar-refractivity contribution >= 4 is 5.82 Å². The first-order valence-electron chi connectivity index (χ1n) is 3.95. The highest BCUT2D eigenvalue weighted by molar-refractivity contribution is 5.49. The second-order valence-electron chi connectivity index (χ2n) is 2.75. The van der Waals surface area contributed by atoms with E-state index in [9.17, 15) is 18.9 Å². The number of hydrogen-bond acceptors (Lipinski definition) is 4. The highest BCUT2D eigenvalue weighted by Crippen LogP contribution is 2.34. The SMILES string of the molecule is COc1c([N+](=O)[O-])ncc(C(F)F)c1C. The number of pyridine rings is 1. The Bertz CT molecular complexity index is 396. The molecule has 0 aliphatic rings. The number of rotatable bonds is 3. The minimum absolute atomic E-state index is 0.0363. The van der Waals surface area contributed by atoms with Gasteiger partial charge >= 0.3 is 5.82 Å². The van der Waals surface area contributed by atoms with Gasteiger partial charge in [-0.25, -0.2) is 8.78 Å². The van der Waals surface area contributed by atoms with Crippen molar-refractivity contribution in [2.24, 2.45) is 0 Å². The Labute approximate surface area is 83.8 Å². The van der Waals surface area contributed by atoms with Crippen LogP contribution in [0.2, 0.25) is 0 Å². The van der Waals surface area contributed by atoms with Gasteiger partial charge in [-0.05, 0) is 16.8 Å². The van der Waals surface area contributed by atoms with Crippen molar-refractivity contribution in [3.8, 4) is 5.75 Å². The summed E-state index contributed by atoms with van der Waals surface area (Å²) in [6.07, 6.45) is -1.94. The fraction of sp³-hybridized carbons (Fsp3) is 0.375. The van der Waals surface area contributed by atoms with Crippen molar-refractivity contribution in [3.63, 3.8) is 0 Å². The summed E-state index contributed by atoms with van der Waals surface area (Å²) in [5.41, 5.74) is -0.327. The van der Waals surface area contributed by atoms with E-state index in [1.54, 1.807) is 0 Å². The fourth-order valence-corrected chi connectivity index (χ4v) is 1.18. The molecule has 0 N–H and O–H groups in total. The summed E-state index contributed by atoms with van der Waals surface area (Å²) in [7, 11) is 1.17. The monoisotopic (exact) mass is 218 g/mol. The molecule has 0 radical (unpaired) electrons. The second kappa shape index (κ2) is 4.16. The van der Waals surface area contributed by atoms with Crippen molar-refractivity contribution in [2.75, 3.05) is 7.11 Å². The molecule has 0 aliphatic heterocycles. The molecule has 0 aromatic carbocycles. The van der Waals surface area contributed by atoms with Gasteiger partial charge in [0.25, 0.3) is 6.43 Å². The number of nitro groups is 1. The van der Waals surface area contributed by atoms with Gasteiger partial charge in [-0.1, -0.05) is 0 Å². The lowest BCUT2D eigenvalue weighted by Gasteiger charge is -2.07. The van der Waals surface area contributed by atoms with Crippen LogP contribution in [0.25, 0.3) is 0 Å². The van der Waals surface area contributed by atoms with E-state index in [0.29, 0.717) is 0 Å². The standard InChI is InChI=1S/C8H8F2N2O3/c1-4-5(7(9)10)3-11-8(12(13)14)6(4)15-2/h3,7H,1-2H3. The van der Waals surface area contributed by atoms with Crippen LogP contribution in [0, 0.1) is 17.0 Å². The largest absolute Gasteiger partial charge is 0.489 e. The molecule has 1 heterocycles. The molecular formula is C8H8F2N2O3. The van der Waals surface area contributed by atoms with Gasteiger partial charge in [0, 0.05) is 5.56 Å². The summed E-state index contributed by atoms with van der Waals surface area (Å²) >= 11 is 0. The number of methoxy groups -OCH3 is 1. The molecular weight excluding hydrogens is 210 g/mol. The molecule has 0 atom stereocenters. The van der Waals surface area contributed by atoms with Gasteiger partial charge in [0.15, 0.2) is 0 Å². The minimum atomic E-state index is -2.73. The van der Waals surface area contributed by atoms with E-state index in [2.05, 4.69) is 4.98 Å². The summed E-state index contributed by atoms with van der Waals surface area (Å²) in [6.45, 7) is 1.33. The first-order valence-corrected chi connectivity index (χ1v) is 3.95. The molecule has 7 heteroatoms. The quantitative estimate of drug-likeness (QED) is 0.576. The fourth-order valence-electron chi connectivity index (χ4n) is 1.18. The van der Waals surface area contributed by atoms with Crippen molar-refractivity contribution in [1.82, 2.24) is 4.98 Å². The third-order valence-corrected chi connectivity index (χ3v) is 1.91. The molecule has 0 saturated carbocycles. The normalized spacial score (nSPS) is 10.5. The van der Waals surface area contributed by atoms with E-state index in [4.69, 9.17) is 4.74 Å². The number of aromatic nitrogens is 1. The van der Waals surface area contributed by atoms with Gasteiger partial charge < -0.3 is 14.9 Å². The van der Waals surface area contributed by atoms with E-state index < -0.39 is 17.2 Å². The highest BCUT2D eigenvalue weighted by atomic mass is 19.3. The van der Waals surface area contributed by atoms with Crippen molar-refractivity contribution in [1.29, 1.82) is 0 Å². The second-order valence-corrected chi connectivity index (χ2v) is 2.75. The zero-order chi connectivity index (χ0) is 11.6.